The van der Waals surface area contributed by atoms with Gasteiger partial charge in [-0.25, -0.2) is 8.78 Å². The van der Waals surface area contributed by atoms with Crippen molar-refractivity contribution < 1.29 is 26.7 Å². The van der Waals surface area contributed by atoms with Crippen molar-refractivity contribution in [1.82, 2.24) is 0 Å². The quantitative estimate of drug-likeness (QED) is 0.479. The van der Waals surface area contributed by atoms with Crippen LogP contribution >= 0.6 is 0 Å². The van der Waals surface area contributed by atoms with Gasteiger partial charge < -0.3 is 4.74 Å². The Morgan fingerprint density at radius 3 is 2.15 bits per heavy atom. The molecule has 0 saturated heterocycles. The summed E-state index contributed by atoms with van der Waals surface area (Å²) in [6, 6.07) is 0. The molecular weight excluding hydrogens is 195 g/mol. The third-order valence-electron chi connectivity index (χ3n) is 1.24. The maximum Gasteiger partial charge on any atom is 0.389 e. The molecule has 80 valence electrons. The SMILES string of the molecule is FC(F)COCCCCC(F)(F)F. The van der Waals surface area contributed by atoms with E-state index < -0.39 is 25.6 Å². The lowest BCUT2D eigenvalue weighted by Gasteiger charge is -2.06. The first-order chi connectivity index (χ1) is 5.92. The van der Waals surface area contributed by atoms with E-state index >= 15 is 0 Å². The predicted molar refractivity (Wildman–Crippen MR) is 36.7 cm³/mol. The lowest BCUT2D eigenvalue weighted by atomic mass is 10.2. The second-order valence-electron chi connectivity index (χ2n) is 2.54. The van der Waals surface area contributed by atoms with Gasteiger partial charge in [-0.2, -0.15) is 13.2 Å². The van der Waals surface area contributed by atoms with E-state index in [9.17, 15) is 22.0 Å². The summed E-state index contributed by atoms with van der Waals surface area (Å²) in [4.78, 5) is 0. The van der Waals surface area contributed by atoms with Gasteiger partial charge >= 0.3 is 6.18 Å². The van der Waals surface area contributed by atoms with Crippen LogP contribution in [0.1, 0.15) is 19.3 Å². The molecular formula is C7H11F5O. The maximum atomic E-state index is 11.5. The molecule has 0 bridgehead atoms. The molecule has 0 rings (SSSR count). The van der Waals surface area contributed by atoms with Crippen LogP contribution in [-0.2, 0) is 4.74 Å². The second-order valence-corrected chi connectivity index (χ2v) is 2.54. The highest BCUT2D eigenvalue weighted by atomic mass is 19.4. The van der Waals surface area contributed by atoms with Crippen LogP contribution in [0.5, 0.6) is 0 Å². The van der Waals surface area contributed by atoms with Crippen LogP contribution in [0.2, 0.25) is 0 Å². The van der Waals surface area contributed by atoms with Crippen LogP contribution in [-0.4, -0.2) is 25.8 Å². The van der Waals surface area contributed by atoms with Crippen LogP contribution in [0.25, 0.3) is 0 Å². The van der Waals surface area contributed by atoms with E-state index in [1.54, 1.807) is 0 Å². The Bertz CT molecular complexity index is 123. The maximum absolute atomic E-state index is 11.5. The minimum atomic E-state index is -4.16. The monoisotopic (exact) mass is 206 g/mol. The first kappa shape index (κ1) is 12.6. The van der Waals surface area contributed by atoms with Gasteiger partial charge in [0.15, 0.2) is 0 Å². The van der Waals surface area contributed by atoms with Gasteiger partial charge in [0.05, 0.1) is 0 Å². The van der Waals surface area contributed by atoms with E-state index in [1.165, 1.54) is 0 Å². The number of ether oxygens (including phenoxy) is 1. The second kappa shape index (κ2) is 6.12. The smallest absolute Gasteiger partial charge is 0.376 e. The van der Waals surface area contributed by atoms with Crippen LogP contribution in [0.3, 0.4) is 0 Å². The molecule has 0 aliphatic carbocycles. The van der Waals surface area contributed by atoms with E-state index in [-0.39, 0.29) is 19.4 Å². The molecule has 0 aromatic rings. The Balaban J connectivity index is 3.09. The van der Waals surface area contributed by atoms with Gasteiger partial charge in [0.1, 0.15) is 6.61 Å². The van der Waals surface area contributed by atoms with Gasteiger partial charge in [-0.15, -0.1) is 0 Å². The van der Waals surface area contributed by atoms with Crippen LogP contribution < -0.4 is 0 Å². The minimum absolute atomic E-state index is 0.0413. The number of rotatable bonds is 6. The number of hydrogen-bond acceptors (Lipinski definition) is 1. The summed E-state index contributed by atoms with van der Waals surface area (Å²) in [5.74, 6) is 0. The molecule has 0 spiro atoms. The van der Waals surface area contributed by atoms with Gasteiger partial charge in [-0.1, -0.05) is 0 Å². The molecule has 6 heteroatoms. The molecule has 0 aromatic carbocycles. The first-order valence-electron chi connectivity index (χ1n) is 3.84. The van der Waals surface area contributed by atoms with Crippen molar-refractivity contribution >= 4 is 0 Å². The van der Waals surface area contributed by atoms with Gasteiger partial charge in [-0.3, -0.25) is 0 Å². The molecule has 0 aliphatic rings. The van der Waals surface area contributed by atoms with Crippen molar-refractivity contribution in [3.05, 3.63) is 0 Å². The molecule has 0 amide bonds. The number of hydrogen-bond donors (Lipinski definition) is 0. The van der Waals surface area contributed by atoms with Gasteiger partial charge in [0.25, 0.3) is 6.43 Å². The summed E-state index contributed by atoms with van der Waals surface area (Å²) in [5, 5.41) is 0. The van der Waals surface area contributed by atoms with Gasteiger partial charge in [-0.05, 0) is 12.8 Å². The molecule has 13 heavy (non-hydrogen) atoms. The van der Waals surface area contributed by atoms with E-state index in [4.69, 9.17) is 0 Å². The predicted octanol–water partition coefficient (Wildman–Crippen LogP) is 3.00. The van der Waals surface area contributed by atoms with Crippen LogP contribution in [0, 0.1) is 0 Å². The Kier molecular flexibility index (Phi) is 5.94. The molecule has 0 fully saturated rings. The van der Waals surface area contributed by atoms with Crippen molar-refractivity contribution in [3.8, 4) is 0 Å². The molecule has 1 nitrogen and oxygen atoms in total. The Hall–Kier alpha value is -0.390. The lowest BCUT2D eigenvalue weighted by Crippen LogP contribution is -2.09. The average Bonchev–Trinajstić information content (AvgIpc) is 1.93. The molecule has 0 saturated carbocycles. The summed E-state index contributed by atoms with van der Waals surface area (Å²) >= 11 is 0. The van der Waals surface area contributed by atoms with Gasteiger partial charge in [0, 0.05) is 13.0 Å². The zero-order valence-corrected chi connectivity index (χ0v) is 6.91. The summed E-state index contributed by atoms with van der Waals surface area (Å²) < 4.78 is 61.8. The molecule has 0 aromatic heterocycles. The van der Waals surface area contributed by atoms with Crippen LogP contribution in [0.4, 0.5) is 22.0 Å². The van der Waals surface area contributed by atoms with E-state index in [0.717, 1.165) is 0 Å². The molecule has 0 unspecified atom stereocenters. The molecule has 0 atom stereocenters. The number of alkyl halides is 5. The number of unbranched alkanes of at least 4 members (excludes halogenated alkanes) is 1. The fraction of sp³-hybridized carbons (Fsp3) is 1.00. The van der Waals surface area contributed by atoms with Crippen molar-refractivity contribution in [2.75, 3.05) is 13.2 Å². The number of halogens is 5. The summed E-state index contributed by atoms with van der Waals surface area (Å²) in [5.41, 5.74) is 0. The average molecular weight is 206 g/mol. The fourth-order valence-corrected chi connectivity index (χ4v) is 0.702. The van der Waals surface area contributed by atoms with Gasteiger partial charge in [0.2, 0.25) is 0 Å². The molecule has 0 N–H and O–H groups in total. The normalized spacial score (nSPS) is 12.5. The highest BCUT2D eigenvalue weighted by molar-refractivity contribution is 4.50. The van der Waals surface area contributed by atoms with Crippen molar-refractivity contribution in [1.29, 1.82) is 0 Å². The Labute approximate surface area is 72.9 Å². The van der Waals surface area contributed by atoms with Crippen molar-refractivity contribution in [2.45, 2.75) is 31.9 Å². The Morgan fingerprint density at radius 1 is 1.08 bits per heavy atom. The van der Waals surface area contributed by atoms with E-state index in [2.05, 4.69) is 4.74 Å². The fourth-order valence-electron chi connectivity index (χ4n) is 0.702. The molecule has 0 radical (unpaired) electrons. The highest BCUT2D eigenvalue weighted by Gasteiger charge is 2.25. The minimum Gasteiger partial charge on any atom is -0.376 e. The summed E-state index contributed by atoms with van der Waals surface area (Å²) in [6.45, 7) is -0.744. The Morgan fingerprint density at radius 2 is 1.69 bits per heavy atom. The van der Waals surface area contributed by atoms with E-state index in [1.807, 2.05) is 0 Å². The molecule has 0 heterocycles. The third kappa shape index (κ3) is 11.6. The summed E-state index contributed by atoms with van der Waals surface area (Å²) in [6.07, 6.45) is -7.52. The highest BCUT2D eigenvalue weighted by Crippen LogP contribution is 2.21. The van der Waals surface area contributed by atoms with Crippen molar-refractivity contribution in [3.63, 3.8) is 0 Å². The topological polar surface area (TPSA) is 9.23 Å². The third-order valence-corrected chi connectivity index (χ3v) is 1.24. The first-order valence-corrected chi connectivity index (χ1v) is 3.84. The molecule has 0 aliphatic heterocycles. The van der Waals surface area contributed by atoms with Crippen LogP contribution in [0.15, 0.2) is 0 Å². The zero-order valence-electron chi connectivity index (χ0n) is 6.91. The largest absolute Gasteiger partial charge is 0.389 e. The lowest BCUT2D eigenvalue weighted by molar-refractivity contribution is -0.136. The standard InChI is InChI=1S/C7H11F5O/c8-6(9)5-13-4-2-1-3-7(10,11)12/h6H,1-5H2. The van der Waals surface area contributed by atoms with Crippen molar-refractivity contribution in [2.24, 2.45) is 0 Å². The zero-order chi connectivity index (χ0) is 10.3. The summed E-state index contributed by atoms with van der Waals surface area (Å²) in [7, 11) is 0. The van der Waals surface area contributed by atoms with E-state index in [0.29, 0.717) is 0 Å².